The molecule has 1 unspecified atom stereocenters. The van der Waals surface area contributed by atoms with Crippen molar-refractivity contribution in [1.82, 2.24) is 5.32 Å². The van der Waals surface area contributed by atoms with Crippen molar-refractivity contribution in [3.8, 4) is 0 Å². The molecule has 0 radical (unpaired) electrons. The monoisotopic (exact) mass is 323 g/mol. The van der Waals surface area contributed by atoms with Crippen LogP contribution in [0, 0.1) is 0 Å². The number of aliphatic hydroxyl groups excluding tert-OH is 3. The van der Waals surface area contributed by atoms with Gasteiger partial charge in [0, 0.05) is 6.92 Å². The smallest absolute Gasteiger partial charge is 0.756 e. The van der Waals surface area contributed by atoms with E-state index in [1.807, 2.05) is 0 Å². The van der Waals surface area contributed by atoms with Gasteiger partial charge < -0.3 is 35.2 Å². The number of carbonyl (C=O) groups excluding carboxylic acids is 1. The molecule has 1 saturated heterocycles. The third-order valence-corrected chi connectivity index (χ3v) is 2.96. The Morgan fingerprint density at radius 3 is 2.40 bits per heavy atom. The summed E-state index contributed by atoms with van der Waals surface area (Å²) in [5.41, 5.74) is 0. The zero-order valence-electron chi connectivity index (χ0n) is 10.9. The van der Waals surface area contributed by atoms with Gasteiger partial charge >= 0.3 is 29.6 Å². The Balaban J connectivity index is 0.00000361. The second-order valence-corrected chi connectivity index (χ2v) is 5.15. The first-order valence-electron chi connectivity index (χ1n) is 5.27. The molecule has 0 aromatic carbocycles. The van der Waals surface area contributed by atoms with Gasteiger partial charge in [-0.05, 0) is 0 Å². The van der Waals surface area contributed by atoms with Crippen molar-refractivity contribution < 1.29 is 73.3 Å². The molecule has 1 fully saturated rings. The molecule has 1 aliphatic heterocycles. The summed E-state index contributed by atoms with van der Waals surface area (Å²) < 4.78 is 19.7. The van der Waals surface area contributed by atoms with Gasteiger partial charge in [0.15, 0.2) is 6.29 Å². The summed E-state index contributed by atoms with van der Waals surface area (Å²) in [6.45, 7) is 0.365. The third-order valence-electron chi connectivity index (χ3n) is 2.49. The zero-order valence-corrected chi connectivity index (χ0v) is 13.8. The molecule has 0 saturated carbocycles. The first-order chi connectivity index (χ1) is 8.65. The summed E-state index contributed by atoms with van der Waals surface area (Å²) in [6, 6.07) is -1.43. The van der Waals surface area contributed by atoms with E-state index in [0.29, 0.717) is 0 Å². The second-order valence-electron chi connectivity index (χ2n) is 4.01. The Bertz CT molecular complexity index is 377. The number of hydrogen-bond acceptors (Lipinski definition) is 8. The van der Waals surface area contributed by atoms with E-state index in [4.69, 9.17) is 14.7 Å². The van der Waals surface area contributed by atoms with E-state index < -0.39 is 51.0 Å². The summed E-state index contributed by atoms with van der Waals surface area (Å²) in [7, 11) is -5.20. The predicted molar refractivity (Wildman–Crippen MR) is 56.3 cm³/mol. The normalized spacial score (nSPS) is 36.6. The van der Waals surface area contributed by atoms with Crippen LogP contribution in [0.25, 0.3) is 0 Å². The fraction of sp³-hybridized carbons (Fsp3) is 0.875. The quantitative estimate of drug-likeness (QED) is 0.249. The van der Waals surface area contributed by atoms with Gasteiger partial charge in [0.25, 0.3) is 7.82 Å². The number of aliphatic hydroxyl groups is 3. The zero-order chi connectivity index (χ0) is 14.8. The SMILES string of the molecule is CC(=O)N[C@H]1[C@@H](OP(=O)([O-])O)O[C@H](CO)[C@H](O)[C@@H]1O.[Na+]. The van der Waals surface area contributed by atoms with Crippen LogP contribution >= 0.6 is 7.82 Å². The molecular weight excluding hydrogens is 308 g/mol. The summed E-state index contributed by atoms with van der Waals surface area (Å²) in [5.74, 6) is -0.644. The summed E-state index contributed by atoms with van der Waals surface area (Å²) in [5, 5.41) is 30.4. The molecular formula is C8H15NNaO9P. The number of carbonyl (C=O) groups is 1. The molecule has 12 heteroatoms. The number of hydrogen-bond donors (Lipinski definition) is 5. The Morgan fingerprint density at radius 1 is 1.45 bits per heavy atom. The largest absolute Gasteiger partial charge is 1.00 e. The van der Waals surface area contributed by atoms with Gasteiger partial charge in [0.05, 0.1) is 6.61 Å². The maximum absolute atomic E-state index is 11.0. The van der Waals surface area contributed by atoms with Crippen molar-refractivity contribution in [2.75, 3.05) is 6.61 Å². The molecule has 0 aliphatic carbocycles. The van der Waals surface area contributed by atoms with E-state index in [1.54, 1.807) is 0 Å². The van der Waals surface area contributed by atoms with Gasteiger partial charge in [-0.25, -0.2) is 0 Å². The number of phosphoric ester groups is 1. The predicted octanol–water partition coefficient (Wildman–Crippen LogP) is -6.59. The van der Waals surface area contributed by atoms with Crippen LogP contribution in [-0.2, 0) is 18.6 Å². The van der Waals surface area contributed by atoms with Crippen LogP contribution in [0.1, 0.15) is 6.92 Å². The third kappa shape index (κ3) is 5.66. The molecule has 0 spiro atoms. The Labute approximate surface area is 136 Å². The number of phosphoric acid groups is 1. The average Bonchev–Trinajstić information content (AvgIpc) is 2.26. The number of amides is 1. The maximum Gasteiger partial charge on any atom is 1.00 e. The number of rotatable bonds is 4. The minimum atomic E-state index is -5.20. The van der Waals surface area contributed by atoms with Crippen LogP contribution in [0.5, 0.6) is 0 Å². The summed E-state index contributed by atoms with van der Waals surface area (Å²) in [4.78, 5) is 30.2. The van der Waals surface area contributed by atoms with Gasteiger partial charge in [-0.1, -0.05) is 0 Å². The molecule has 1 aliphatic rings. The van der Waals surface area contributed by atoms with Crippen LogP contribution in [0.3, 0.4) is 0 Å². The van der Waals surface area contributed by atoms with Crippen LogP contribution in [-0.4, -0.2) is 63.4 Å². The van der Waals surface area contributed by atoms with Gasteiger partial charge in [0.2, 0.25) is 5.91 Å². The Morgan fingerprint density at radius 2 is 2.00 bits per heavy atom. The first-order valence-corrected chi connectivity index (χ1v) is 6.77. The van der Waals surface area contributed by atoms with Gasteiger partial charge in [-0.2, -0.15) is 0 Å². The number of nitrogens with one attached hydrogen (secondary N) is 1. The first kappa shape index (κ1) is 20.4. The molecule has 0 bridgehead atoms. The summed E-state index contributed by atoms with van der Waals surface area (Å²) in [6.07, 6.45) is -6.30. The molecule has 5 N–H and O–H groups in total. The standard InChI is InChI=1S/C8H16NO9P.Na/c1-3(11)9-5-7(13)6(12)4(2-10)17-8(5)18-19(14,15)16;/h4-8,10,12-13H,2H2,1H3,(H,9,11)(H2,14,15,16);/q;+1/p-1/t4-,5-,6+,7-,8-;/m1./s1. The van der Waals surface area contributed by atoms with Crippen LogP contribution in [0.4, 0.5) is 0 Å². The molecule has 0 aromatic rings. The van der Waals surface area contributed by atoms with E-state index in [1.165, 1.54) is 0 Å². The average molecular weight is 323 g/mol. The van der Waals surface area contributed by atoms with E-state index in [-0.39, 0.29) is 29.6 Å². The topological polar surface area (TPSA) is 169 Å². The molecule has 10 nitrogen and oxygen atoms in total. The fourth-order valence-corrected chi connectivity index (χ4v) is 2.14. The van der Waals surface area contributed by atoms with Gasteiger partial charge in [-0.3, -0.25) is 13.9 Å². The second kappa shape index (κ2) is 8.16. The summed E-state index contributed by atoms with van der Waals surface area (Å²) >= 11 is 0. The van der Waals surface area contributed by atoms with E-state index in [2.05, 4.69) is 9.84 Å². The molecule has 1 heterocycles. The Kier molecular flexibility index (Phi) is 8.33. The Hall–Kier alpha value is 0.420. The molecule has 0 aromatic heterocycles. The minimum Gasteiger partial charge on any atom is -0.756 e. The molecule has 1 rings (SSSR count). The van der Waals surface area contributed by atoms with Crippen molar-refractivity contribution in [3.05, 3.63) is 0 Å². The van der Waals surface area contributed by atoms with Crippen LogP contribution in [0.15, 0.2) is 0 Å². The van der Waals surface area contributed by atoms with Crippen molar-refractivity contribution in [2.45, 2.75) is 37.6 Å². The van der Waals surface area contributed by atoms with Crippen molar-refractivity contribution in [2.24, 2.45) is 0 Å². The van der Waals surface area contributed by atoms with Gasteiger partial charge in [0.1, 0.15) is 24.4 Å². The van der Waals surface area contributed by atoms with Crippen LogP contribution in [0.2, 0.25) is 0 Å². The van der Waals surface area contributed by atoms with E-state index in [0.717, 1.165) is 6.92 Å². The van der Waals surface area contributed by atoms with Crippen LogP contribution < -0.4 is 39.8 Å². The van der Waals surface area contributed by atoms with E-state index >= 15 is 0 Å². The molecule has 6 atom stereocenters. The van der Waals surface area contributed by atoms with Crippen molar-refractivity contribution in [1.29, 1.82) is 0 Å². The minimum absolute atomic E-state index is 0. The molecule has 1 amide bonds. The van der Waals surface area contributed by atoms with E-state index in [9.17, 15) is 24.5 Å². The van der Waals surface area contributed by atoms with Crippen molar-refractivity contribution >= 4 is 13.7 Å². The fourth-order valence-electron chi connectivity index (χ4n) is 1.69. The van der Waals surface area contributed by atoms with Crippen molar-refractivity contribution in [3.63, 3.8) is 0 Å². The maximum atomic E-state index is 11.0. The molecule has 112 valence electrons. The number of ether oxygens (including phenoxy) is 1. The van der Waals surface area contributed by atoms with Gasteiger partial charge in [-0.15, -0.1) is 0 Å². The molecule has 20 heavy (non-hydrogen) atoms.